The zero-order valence-corrected chi connectivity index (χ0v) is 9.88. The van der Waals surface area contributed by atoms with Crippen LogP contribution in [0.1, 0.15) is 15.2 Å². The molecule has 0 aliphatic carbocycles. The zero-order chi connectivity index (χ0) is 13.0. The summed E-state index contributed by atoms with van der Waals surface area (Å²) in [6.45, 7) is 0. The monoisotopic (exact) mass is 266 g/mol. The van der Waals surface area contributed by atoms with Gasteiger partial charge in [0.15, 0.2) is 11.6 Å². The van der Waals surface area contributed by atoms with Crippen LogP contribution in [-0.2, 0) is 0 Å². The number of rotatable bonds is 3. The number of nitrogens with zero attached hydrogens (tertiary/aromatic N) is 1. The van der Waals surface area contributed by atoms with E-state index in [0.29, 0.717) is 10.4 Å². The third-order valence-electron chi connectivity index (χ3n) is 2.07. The molecule has 3 nitrogen and oxygen atoms in total. The van der Waals surface area contributed by atoms with Gasteiger partial charge in [0.25, 0.3) is 5.91 Å². The summed E-state index contributed by atoms with van der Waals surface area (Å²) in [5.74, 6) is -2.22. The van der Waals surface area contributed by atoms with Gasteiger partial charge in [0, 0.05) is 0 Å². The Balaban J connectivity index is 1.99. The van der Waals surface area contributed by atoms with E-state index in [1.54, 1.807) is 17.5 Å². The van der Waals surface area contributed by atoms with Crippen LogP contribution < -0.4 is 5.43 Å². The fourth-order valence-electron chi connectivity index (χ4n) is 1.22. The molecular formula is C12H8F2N2OS. The van der Waals surface area contributed by atoms with E-state index >= 15 is 0 Å². The third kappa shape index (κ3) is 2.98. The second kappa shape index (κ2) is 5.50. The molecule has 0 radical (unpaired) electrons. The molecule has 0 fully saturated rings. The number of nitrogens with one attached hydrogen (secondary N) is 1. The van der Waals surface area contributed by atoms with Gasteiger partial charge in [-0.2, -0.15) is 5.10 Å². The summed E-state index contributed by atoms with van der Waals surface area (Å²) in [7, 11) is 0. The highest BCUT2D eigenvalue weighted by atomic mass is 32.1. The summed E-state index contributed by atoms with van der Waals surface area (Å²) < 4.78 is 25.5. The van der Waals surface area contributed by atoms with Crippen LogP contribution in [0.25, 0.3) is 0 Å². The van der Waals surface area contributed by atoms with E-state index in [0.717, 1.165) is 12.1 Å². The van der Waals surface area contributed by atoms with Crippen LogP contribution in [-0.4, -0.2) is 12.1 Å². The Morgan fingerprint density at radius 3 is 2.78 bits per heavy atom. The van der Waals surface area contributed by atoms with E-state index in [9.17, 15) is 13.6 Å². The lowest BCUT2D eigenvalue weighted by Crippen LogP contribution is -2.16. The molecule has 0 aliphatic rings. The van der Waals surface area contributed by atoms with Crippen LogP contribution in [0.5, 0.6) is 0 Å². The predicted molar refractivity (Wildman–Crippen MR) is 65.7 cm³/mol. The molecule has 2 aromatic rings. The van der Waals surface area contributed by atoms with Gasteiger partial charge in [-0.1, -0.05) is 12.1 Å². The van der Waals surface area contributed by atoms with Crippen LogP contribution in [0.15, 0.2) is 40.8 Å². The summed E-state index contributed by atoms with van der Waals surface area (Å²) >= 11 is 1.29. The maximum atomic E-state index is 12.9. The quantitative estimate of drug-likeness (QED) is 0.673. The molecule has 0 saturated carbocycles. The SMILES string of the molecule is O=C(N/N=C/c1ccc(F)c(F)c1)c1cccs1. The van der Waals surface area contributed by atoms with Gasteiger partial charge in [-0.05, 0) is 29.1 Å². The van der Waals surface area contributed by atoms with Crippen molar-refractivity contribution < 1.29 is 13.6 Å². The predicted octanol–water partition coefficient (Wildman–Crippen LogP) is 2.79. The first-order valence-electron chi connectivity index (χ1n) is 4.99. The molecule has 92 valence electrons. The molecule has 1 aromatic heterocycles. The van der Waals surface area contributed by atoms with Crippen molar-refractivity contribution in [3.63, 3.8) is 0 Å². The lowest BCUT2D eigenvalue weighted by molar-refractivity contribution is 0.0959. The summed E-state index contributed by atoms with van der Waals surface area (Å²) in [4.78, 5) is 12.0. The topological polar surface area (TPSA) is 41.5 Å². The Bertz CT molecular complexity index is 582. The van der Waals surface area contributed by atoms with Crippen LogP contribution in [0.4, 0.5) is 8.78 Å². The molecule has 18 heavy (non-hydrogen) atoms. The Kier molecular flexibility index (Phi) is 3.78. The van der Waals surface area contributed by atoms with Gasteiger partial charge >= 0.3 is 0 Å². The molecule has 1 heterocycles. The van der Waals surface area contributed by atoms with Gasteiger partial charge in [0.2, 0.25) is 0 Å². The van der Waals surface area contributed by atoms with E-state index in [2.05, 4.69) is 10.5 Å². The molecule has 2 rings (SSSR count). The van der Waals surface area contributed by atoms with Gasteiger partial charge in [-0.3, -0.25) is 4.79 Å². The fourth-order valence-corrected chi connectivity index (χ4v) is 1.83. The summed E-state index contributed by atoms with van der Waals surface area (Å²) in [6.07, 6.45) is 1.24. The van der Waals surface area contributed by atoms with E-state index in [-0.39, 0.29) is 5.91 Å². The van der Waals surface area contributed by atoms with Crippen molar-refractivity contribution in [1.29, 1.82) is 0 Å². The molecule has 1 N–H and O–H groups in total. The molecule has 0 aliphatic heterocycles. The lowest BCUT2D eigenvalue weighted by atomic mass is 10.2. The normalized spacial score (nSPS) is 10.8. The minimum atomic E-state index is -0.955. The van der Waals surface area contributed by atoms with Gasteiger partial charge in [0.05, 0.1) is 11.1 Å². The maximum Gasteiger partial charge on any atom is 0.281 e. The molecule has 0 bridgehead atoms. The van der Waals surface area contributed by atoms with E-state index in [1.807, 2.05) is 0 Å². The zero-order valence-electron chi connectivity index (χ0n) is 9.06. The van der Waals surface area contributed by atoms with Crippen LogP contribution in [0.2, 0.25) is 0 Å². The number of halogens is 2. The molecule has 1 aromatic carbocycles. The minimum absolute atomic E-state index is 0.344. The Hall–Kier alpha value is -2.08. The van der Waals surface area contributed by atoms with Crippen molar-refractivity contribution in [2.24, 2.45) is 5.10 Å². The second-order valence-corrected chi connectivity index (χ2v) is 4.30. The number of hydrogen-bond donors (Lipinski definition) is 1. The van der Waals surface area contributed by atoms with Crippen LogP contribution >= 0.6 is 11.3 Å². The van der Waals surface area contributed by atoms with Crippen molar-refractivity contribution in [2.75, 3.05) is 0 Å². The Labute approximate surface area is 106 Å². The summed E-state index contributed by atoms with van der Waals surface area (Å²) in [6, 6.07) is 6.76. The van der Waals surface area contributed by atoms with Gasteiger partial charge < -0.3 is 0 Å². The molecule has 0 saturated heterocycles. The first-order valence-corrected chi connectivity index (χ1v) is 5.87. The lowest BCUT2D eigenvalue weighted by Gasteiger charge is -1.97. The number of thiophene rings is 1. The van der Waals surface area contributed by atoms with Crippen LogP contribution in [0, 0.1) is 11.6 Å². The third-order valence-corrected chi connectivity index (χ3v) is 2.94. The Morgan fingerprint density at radius 1 is 1.28 bits per heavy atom. The largest absolute Gasteiger partial charge is 0.281 e. The Morgan fingerprint density at radius 2 is 2.11 bits per heavy atom. The number of carbonyl (C=O) groups is 1. The maximum absolute atomic E-state index is 12.9. The van der Waals surface area contributed by atoms with Crippen molar-refractivity contribution in [3.8, 4) is 0 Å². The first kappa shape index (κ1) is 12.4. The van der Waals surface area contributed by atoms with E-state index in [1.165, 1.54) is 23.6 Å². The standard InChI is InChI=1S/C12H8F2N2OS/c13-9-4-3-8(6-10(9)14)7-15-16-12(17)11-2-1-5-18-11/h1-7H,(H,16,17)/b15-7+. The van der Waals surface area contributed by atoms with Gasteiger partial charge in [0.1, 0.15) is 0 Å². The van der Waals surface area contributed by atoms with Crippen molar-refractivity contribution in [3.05, 3.63) is 57.8 Å². The molecule has 1 amide bonds. The van der Waals surface area contributed by atoms with E-state index in [4.69, 9.17) is 0 Å². The average Bonchev–Trinajstić information content (AvgIpc) is 2.87. The molecule has 0 atom stereocenters. The number of hydrogen-bond acceptors (Lipinski definition) is 3. The smallest absolute Gasteiger partial charge is 0.266 e. The second-order valence-electron chi connectivity index (χ2n) is 3.35. The summed E-state index contributed by atoms with van der Waals surface area (Å²) in [5, 5.41) is 5.43. The number of benzene rings is 1. The molecule has 6 heteroatoms. The highest BCUT2D eigenvalue weighted by Gasteiger charge is 2.04. The summed E-state index contributed by atoms with van der Waals surface area (Å²) in [5.41, 5.74) is 2.65. The first-order chi connectivity index (χ1) is 8.66. The van der Waals surface area contributed by atoms with Gasteiger partial charge in [-0.25, -0.2) is 14.2 Å². The van der Waals surface area contributed by atoms with Crippen molar-refractivity contribution >= 4 is 23.5 Å². The van der Waals surface area contributed by atoms with E-state index < -0.39 is 11.6 Å². The molecular weight excluding hydrogens is 258 g/mol. The highest BCUT2D eigenvalue weighted by Crippen LogP contribution is 2.08. The van der Waals surface area contributed by atoms with Crippen molar-refractivity contribution in [1.82, 2.24) is 5.43 Å². The minimum Gasteiger partial charge on any atom is -0.266 e. The van der Waals surface area contributed by atoms with Gasteiger partial charge in [-0.15, -0.1) is 11.3 Å². The van der Waals surface area contributed by atoms with Crippen molar-refractivity contribution in [2.45, 2.75) is 0 Å². The number of amides is 1. The average molecular weight is 266 g/mol. The van der Waals surface area contributed by atoms with Crippen LogP contribution in [0.3, 0.4) is 0 Å². The number of hydrazone groups is 1. The fraction of sp³-hybridized carbons (Fsp3) is 0. The molecule has 0 spiro atoms. The highest BCUT2D eigenvalue weighted by molar-refractivity contribution is 7.12. The molecule has 0 unspecified atom stereocenters. The number of carbonyl (C=O) groups excluding carboxylic acids is 1.